The highest BCUT2D eigenvalue weighted by atomic mass is 16.5. The van der Waals surface area contributed by atoms with Gasteiger partial charge < -0.3 is 9.47 Å². The first-order valence-electron chi connectivity index (χ1n) is 9.17. The number of ether oxygens (including phenoxy) is 2. The Hall–Kier alpha value is -2.62. The molecule has 2 rings (SSSR count). The van der Waals surface area contributed by atoms with E-state index < -0.39 is 5.97 Å². The first-order valence-corrected chi connectivity index (χ1v) is 9.17. The van der Waals surface area contributed by atoms with Crippen molar-refractivity contribution in [1.29, 1.82) is 0 Å². The van der Waals surface area contributed by atoms with Crippen LogP contribution in [0.3, 0.4) is 0 Å². The van der Waals surface area contributed by atoms with Crippen LogP contribution in [-0.4, -0.2) is 18.5 Å². The molecule has 0 bridgehead atoms. The fraction of sp³-hybridized carbons (Fsp3) is 0.364. The summed E-state index contributed by atoms with van der Waals surface area (Å²) in [6, 6.07) is 13.7. The third-order valence-electron chi connectivity index (χ3n) is 4.13. The first-order chi connectivity index (χ1) is 12.6. The summed E-state index contributed by atoms with van der Waals surface area (Å²) >= 11 is 0. The quantitative estimate of drug-likeness (QED) is 0.346. The number of hydrogen-bond acceptors (Lipinski definition) is 4. The lowest BCUT2D eigenvalue weighted by atomic mass is 10.1. The van der Waals surface area contributed by atoms with Crippen molar-refractivity contribution >= 4 is 11.9 Å². The fourth-order valence-electron chi connectivity index (χ4n) is 2.53. The van der Waals surface area contributed by atoms with Crippen molar-refractivity contribution in [2.75, 3.05) is 6.61 Å². The van der Waals surface area contributed by atoms with Gasteiger partial charge in [-0.2, -0.15) is 0 Å². The molecule has 0 aliphatic rings. The molecular formula is C22H26O4. The molecule has 138 valence electrons. The number of unbranched alkanes of at least 4 members (excludes halogenated alkanes) is 4. The maximum atomic E-state index is 12.2. The highest BCUT2D eigenvalue weighted by Gasteiger charge is 2.12. The Morgan fingerprint density at radius 2 is 1.42 bits per heavy atom. The van der Waals surface area contributed by atoms with E-state index in [-0.39, 0.29) is 5.97 Å². The van der Waals surface area contributed by atoms with Gasteiger partial charge in [-0.15, -0.1) is 0 Å². The average molecular weight is 354 g/mol. The molecule has 0 unspecified atom stereocenters. The number of rotatable bonds is 9. The number of carbonyl (C=O) groups is 2. The molecule has 4 heteroatoms. The molecule has 0 fully saturated rings. The maximum absolute atomic E-state index is 12.2. The minimum atomic E-state index is -0.449. The summed E-state index contributed by atoms with van der Waals surface area (Å²) in [4.78, 5) is 24.2. The Morgan fingerprint density at radius 1 is 0.808 bits per heavy atom. The zero-order chi connectivity index (χ0) is 18.8. The number of para-hydroxylation sites is 1. The highest BCUT2D eigenvalue weighted by molar-refractivity contribution is 5.94. The van der Waals surface area contributed by atoms with Crippen LogP contribution in [0.5, 0.6) is 5.75 Å². The second kappa shape index (κ2) is 10.4. The Kier molecular flexibility index (Phi) is 7.87. The van der Waals surface area contributed by atoms with Crippen LogP contribution >= 0.6 is 0 Å². The van der Waals surface area contributed by atoms with Crippen LogP contribution in [0.15, 0.2) is 48.5 Å². The molecule has 2 aromatic rings. The topological polar surface area (TPSA) is 52.6 Å². The SMILES string of the molecule is CCCCCCCOC(=O)c1ccc(C(=O)Oc2ccccc2C)cc1. The lowest BCUT2D eigenvalue weighted by Crippen LogP contribution is -2.10. The largest absolute Gasteiger partial charge is 0.462 e. The molecule has 26 heavy (non-hydrogen) atoms. The second-order valence-electron chi connectivity index (χ2n) is 6.28. The molecule has 0 amide bonds. The molecular weight excluding hydrogens is 328 g/mol. The maximum Gasteiger partial charge on any atom is 0.343 e. The summed E-state index contributed by atoms with van der Waals surface area (Å²) in [6.45, 7) is 4.48. The minimum Gasteiger partial charge on any atom is -0.462 e. The Bertz CT molecular complexity index is 719. The Balaban J connectivity index is 1.84. The van der Waals surface area contributed by atoms with Crippen LogP contribution in [0.25, 0.3) is 0 Å². The van der Waals surface area contributed by atoms with Gasteiger partial charge in [0.25, 0.3) is 0 Å². The number of carbonyl (C=O) groups excluding carboxylic acids is 2. The van der Waals surface area contributed by atoms with Crippen molar-refractivity contribution in [2.45, 2.75) is 46.0 Å². The zero-order valence-electron chi connectivity index (χ0n) is 15.5. The predicted octanol–water partition coefficient (Wildman–Crippen LogP) is 5.34. The van der Waals surface area contributed by atoms with Crippen molar-refractivity contribution < 1.29 is 19.1 Å². The van der Waals surface area contributed by atoms with Crippen molar-refractivity contribution in [2.24, 2.45) is 0 Å². The minimum absolute atomic E-state index is 0.362. The predicted molar refractivity (Wildman–Crippen MR) is 102 cm³/mol. The molecule has 0 aromatic heterocycles. The van der Waals surface area contributed by atoms with E-state index in [9.17, 15) is 9.59 Å². The molecule has 2 aromatic carbocycles. The first kappa shape index (κ1) is 19.7. The van der Waals surface area contributed by atoms with E-state index in [1.807, 2.05) is 25.1 Å². The molecule has 0 N–H and O–H groups in total. The van der Waals surface area contributed by atoms with Gasteiger partial charge in [0.1, 0.15) is 5.75 Å². The van der Waals surface area contributed by atoms with Gasteiger partial charge in [0.15, 0.2) is 0 Å². The summed E-state index contributed by atoms with van der Waals surface area (Å²) in [6.07, 6.45) is 5.54. The number of benzene rings is 2. The highest BCUT2D eigenvalue weighted by Crippen LogP contribution is 2.18. The van der Waals surface area contributed by atoms with Crippen LogP contribution in [-0.2, 0) is 4.74 Å². The van der Waals surface area contributed by atoms with E-state index in [0.717, 1.165) is 18.4 Å². The lowest BCUT2D eigenvalue weighted by molar-refractivity contribution is 0.0497. The number of esters is 2. The van der Waals surface area contributed by atoms with E-state index in [1.165, 1.54) is 19.3 Å². The second-order valence-corrected chi connectivity index (χ2v) is 6.28. The normalized spacial score (nSPS) is 10.4. The molecule has 0 heterocycles. The smallest absolute Gasteiger partial charge is 0.343 e. The van der Waals surface area contributed by atoms with Gasteiger partial charge in [0.2, 0.25) is 0 Å². The number of hydrogen-bond donors (Lipinski definition) is 0. The van der Waals surface area contributed by atoms with E-state index in [1.54, 1.807) is 30.3 Å². The van der Waals surface area contributed by atoms with E-state index >= 15 is 0 Å². The van der Waals surface area contributed by atoms with Gasteiger partial charge in [-0.05, 0) is 49.2 Å². The van der Waals surface area contributed by atoms with Crippen LogP contribution in [0.1, 0.15) is 65.3 Å². The van der Waals surface area contributed by atoms with Gasteiger partial charge in [-0.1, -0.05) is 50.8 Å². The van der Waals surface area contributed by atoms with Gasteiger partial charge in [0, 0.05) is 0 Å². The summed E-state index contributed by atoms with van der Waals surface area (Å²) in [5.41, 5.74) is 1.72. The molecule has 0 spiro atoms. The molecule has 0 atom stereocenters. The van der Waals surface area contributed by atoms with Gasteiger partial charge >= 0.3 is 11.9 Å². The van der Waals surface area contributed by atoms with E-state index in [0.29, 0.717) is 23.5 Å². The molecule has 0 aliphatic carbocycles. The molecule has 0 aliphatic heterocycles. The van der Waals surface area contributed by atoms with Crippen molar-refractivity contribution in [1.82, 2.24) is 0 Å². The van der Waals surface area contributed by atoms with Crippen molar-refractivity contribution in [3.8, 4) is 5.75 Å². The summed E-state index contributed by atoms with van der Waals surface area (Å²) in [5.74, 6) is -0.279. The van der Waals surface area contributed by atoms with E-state index in [2.05, 4.69) is 6.92 Å². The van der Waals surface area contributed by atoms with E-state index in [4.69, 9.17) is 9.47 Å². The monoisotopic (exact) mass is 354 g/mol. The Morgan fingerprint density at radius 3 is 2.08 bits per heavy atom. The molecule has 0 saturated carbocycles. The van der Waals surface area contributed by atoms with Gasteiger partial charge in [0.05, 0.1) is 17.7 Å². The zero-order valence-corrected chi connectivity index (χ0v) is 15.5. The van der Waals surface area contributed by atoms with Gasteiger partial charge in [-0.3, -0.25) is 0 Å². The summed E-state index contributed by atoms with van der Waals surface area (Å²) < 4.78 is 10.7. The number of aryl methyl sites for hydroxylation is 1. The third-order valence-corrected chi connectivity index (χ3v) is 4.13. The standard InChI is InChI=1S/C22H26O4/c1-3-4-5-6-9-16-25-21(23)18-12-14-19(15-13-18)22(24)26-20-11-8-7-10-17(20)2/h7-8,10-15H,3-6,9,16H2,1-2H3. The molecule has 0 radical (unpaired) electrons. The molecule has 0 saturated heterocycles. The average Bonchev–Trinajstić information content (AvgIpc) is 2.66. The van der Waals surface area contributed by atoms with Crippen LogP contribution in [0, 0.1) is 6.92 Å². The third kappa shape index (κ3) is 6.03. The van der Waals surface area contributed by atoms with Gasteiger partial charge in [-0.25, -0.2) is 9.59 Å². The molecule has 4 nitrogen and oxygen atoms in total. The summed E-state index contributed by atoms with van der Waals surface area (Å²) in [5, 5.41) is 0. The Labute approximate surface area is 155 Å². The fourth-order valence-corrected chi connectivity index (χ4v) is 2.53. The van der Waals surface area contributed by atoms with Crippen molar-refractivity contribution in [3.63, 3.8) is 0 Å². The van der Waals surface area contributed by atoms with Crippen LogP contribution in [0.4, 0.5) is 0 Å². The lowest BCUT2D eigenvalue weighted by Gasteiger charge is -2.08. The van der Waals surface area contributed by atoms with Crippen LogP contribution < -0.4 is 4.74 Å². The van der Waals surface area contributed by atoms with Crippen molar-refractivity contribution in [3.05, 3.63) is 65.2 Å². The summed E-state index contributed by atoms with van der Waals surface area (Å²) in [7, 11) is 0. The van der Waals surface area contributed by atoms with Crippen LogP contribution in [0.2, 0.25) is 0 Å².